The third-order valence-electron chi connectivity index (χ3n) is 2.99. The summed E-state index contributed by atoms with van der Waals surface area (Å²) in [5.74, 6) is -0.243. The SMILES string of the molecule is CC(C)OCCCNC(=O)c1cn(C)cc2c(=O)[nH]nc1-2. The van der Waals surface area contributed by atoms with E-state index in [1.165, 1.54) is 0 Å². The molecule has 2 N–H and O–H groups in total. The summed E-state index contributed by atoms with van der Waals surface area (Å²) in [6.07, 6.45) is 4.23. The molecule has 0 aromatic rings. The van der Waals surface area contributed by atoms with Gasteiger partial charge in [0.15, 0.2) is 0 Å². The first-order chi connectivity index (χ1) is 9.99. The number of H-pyrrole nitrogens is 1. The molecule has 2 rings (SSSR count). The monoisotopic (exact) mass is 292 g/mol. The predicted molar refractivity (Wildman–Crippen MR) is 78.5 cm³/mol. The second-order valence-electron chi connectivity index (χ2n) is 5.18. The van der Waals surface area contributed by atoms with Gasteiger partial charge in [-0.3, -0.25) is 9.59 Å². The molecule has 2 aliphatic heterocycles. The van der Waals surface area contributed by atoms with Crippen molar-refractivity contribution in [3.8, 4) is 11.3 Å². The topological polar surface area (TPSA) is 89.0 Å². The molecule has 7 heteroatoms. The first kappa shape index (κ1) is 15.2. The summed E-state index contributed by atoms with van der Waals surface area (Å²) >= 11 is 0. The van der Waals surface area contributed by atoms with Crippen molar-refractivity contribution in [2.24, 2.45) is 7.05 Å². The van der Waals surface area contributed by atoms with Crippen LogP contribution in [-0.2, 0) is 11.8 Å². The number of aromatic amines is 1. The molecule has 0 spiro atoms. The zero-order valence-electron chi connectivity index (χ0n) is 12.5. The number of aryl methyl sites for hydroxylation is 1. The van der Waals surface area contributed by atoms with Gasteiger partial charge in [0.05, 0.1) is 17.2 Å². The average Bonchev–Trinajstić information content (AvgIpc) is 2.78. The summed E-state index contributed by atoms with van der Waals surface area (Å²) in [5, 5.41) is 9.09. The van der Waals surface area contributed by atoms with Gasteiger partial charge in [-0.1, -0.05) is 0 Å². The second kappa shape index (κ2) is 6.53. The summed E-state index contributed by atoms with van der Waals surface area (Å²) in [5.41, 5.74) is 0.904. The Morgan fingerprint density at radius 3 is 2.95 bits per heavy atom. The first-order valence-electron chi connectivity index (χ1n) is 6.93. The molecule has 0 aromatic carbocycles. The Labute approximate surface area is 122 Å². The van der Waals surface area contributed by atoms with Crippen molar-refractivity contribution >= 4 is 5.91 Å². The minimum atomic E-state index is -0.291. The van der Waals surface area contributed by atoms with Crippen LogP contribution in [0.15, 0.2) is 17.2 Å². The van der Waals surface area contributed by atoms with Gasteiger partial charge in [-0.25, -0.2) is 5.10 Å². The van der Waals surface area contributed by atoms with Crippen molar-refractivity contribution in [2.45, 2.75) is 26.4 Å². The van der Waals surface area contributed by atoms with Crippen LogP contribution in [0.1, 0.15) is 30.6 Å². The number of ether oxygens (including phenoxy) is 1. The van der Waals surface area contributed by atoms with E-state index in [2.05, 4.69) is 15.5 Å². The Kier molecular flexibility index (Phi) is 4.74. The molecule has 2 aliphatic rings. The molecule has 21 heavy (non-hydrogen) atoms. The van der Waals surface area contributed by atoms with E-state index in [0.717, 1.165) is 6.42 Å². The van der Waals surface area contributed by atoms with Gasteiger partial charge in [0.2, 0.25) is 0 Å². The number of aromatic nitrogens is 3. The molecule has 7 nitrogen and oxygen atoms in total. The molecule has 0 bridgehead atoms. The van der Waals surface area contributed by atoms with Crippen molar-refractivity contribution in [3.05, 3.63) is 28.3 Å². The Bertz CT molecular complexity index is 644. The van der Waals surface area contributed by atoms with Gasteiger partial charge in [0.25, 0.3) is 11.5 Å². The maximum absolute atomic E-state index is 12.2. The molecule has 0 fully saturated rings. The van der Waals surface area contributed by atoms with Gasteiger partial charge in [-0.15, -0.1) is 0 Å². The van der Waals surface area contributed by atoms with Gasteiger partial charge in [-0.2, -0.15) is 5.10 Å². The number of hydrogen-bond acceptors (Lipinski definition) is 4. The third kappa shape index (κ3) is 3.69. The van der Waals surface area contributed by atoms with Crippen molar-refractivity contribution in [1.82, 2.24) is 20.1 Å². The predicted octanol–water partition coefficient (Wildman–Crippen LogP) is 0.758. The molecular weight excluding hydrogens is 272 g/mol. The lowest BCUT2D eigenvalue weighted by atomic mass is 10.1. The number of fused-ring (bicyclic) bond motifs is 1. The summed E-state index contributed by atoms with van der Waals surface area (Å²) < 4.78 is 7.08. The molecule has 114 valence electrons. The van der Waals surface area contributed by atoms with Crippen molar-refractivity contribution < 1.29 is 9.53 Å². The van der Waals surface area contributed by atoms with Crippen molar-refractivity contribution in [2.75, 3.05) is 13.2 Å². The second-order valence-corrected chi connectivity index (χ2v) is 5.18. The quantitative estimate of drug-likeness (QED) is 0.769. The molecule has 0 radical (unpaired) electrons. The fourth-order valence-corrected chi connectivity index (χ4v) is 2.02. The van der Waals surface area contributed by atoms with Crippen LogP contribution in [-0.4, -0.2) is 39.9 Å². The summed E-state index contributed by atoms with van der Waals surface area (Å²) in [6, 6.07) is 0. The highest BCUT2D eigenvalue weighted by Crippen LogP contribution is 2.18. The molecule has 0 saturated heterocycles. The standard InChI is InChI=1S/C14H20N4O3/c1-9(2)21-6-4-5-15-13(19)10-7-18(3)8-11-12(10)16-17-14(11)20/h7-9H,4-6H2,1-3H3,(H,15,19)(H,17,20). The van der Waals surface area contributed by atoms with Crippen LogP contribution in [0.5, 0.6) is 0 Å². The molecule has 2 heterocycles. The number of hydrogen-bond donors (Lipinski definition) is 2. The van der Waals surface area contributed by atoms with E-state index in [9.17, 15) is 9.59 Å². The van der Waals surface area contributed by atoms with Gasteiger partial charge < -0.3 is 14.6 Å². The largest absolute Gasteiger partial charge is 0.379 e. The zero-order chi connectivity index (χ0) is 15.4. The number of nitrogens with zero attached hydrogens (tertiary/aromatic N) is 2. The summed E-state index contributed by atoms with van der Waals surface area (Å²) in [7, 11) is 1.76. The Balaban J connectivity index is 2.01. The van der Waals surface area contributed by atoms with Gasteiger partial charge in [0.1, 0.15) is 5.69 Å². The Hall–Kier alpha value is -2.15. The number of carbonyl (C=O) groups excluding carboxylic acids is 1. The van der Waals surface area contributed by atoms with E-state index >= 15 is 0 Å². The molecule has 0 atom stereocenters. The maximum atomic E-state index is 12.2. The normalized spacial score (nSPS) is 11.2. The van der Waals surface area contributed by atoms with E-state index in [1.807, 2.05) is 13.8 Å². The highest BCUT2D eigenvalue weighted by atomic mass is 16.5. The fourth-order valence-electron chi connectivity index (χ4n) is 2.02. The molecule has 0 unspecified atom stereocenters. The van der Waals surface area contributed by atoms with E-state index in [1.54, 1.807) is 24.0 Å². The van der Waals surface area contributed by atoms with Crippen LogP contribution in [0.2, 0.25) is 0 Å². The van der Waals surface area contributed by atoms with Crippen LogP contribution in [0.3, 0.4) is 0 Å². The maximum Gasteiger partial charge on any atom is 0.275 e. The van der Waals surface area contributed by atoms with Crippen LogP contribution in [0.25, 0.3) is 11.3 Å². The van der Waals surface area contributed by atoms with Crippen molar-refractivity contribution in [1.29, 1.82) is 0 Å². The lowest BCUT2D eigenvalue weighted by molar-refractivity contribution is 0.0757. The third-order valence-corrected chi connectivity index (χ3v) is 2.99. The lowest BCUT2D eigenvalue weighted by Crippen LogP contribution is -2.27. The first-order valence-corrected chi connectivity index (χ1v) is 6.93. The van der Waals surface area contributed by atoms with Crippen LogP contribution >= 0.6 is 0 Å². The minimum Gasteiger partial charge on any atom is -0.379 e. The van der Waals surface area contributed by atoms with E-state index in [-0.39, 0.29) is 17.6 Å². The van der Waals surface area contributed by atoms with Crippen LogP contribution in [0.4, 0.5) is 0 Å². The number of carbonyl (C=O) groups is 1. The number of pyridine rings is 1. The fraction of sp³-hybridized carbons (Fsp3) is 0.500. The van der Waals surface area contributed by atoms with Crippen molar-refractivity contribution in [3.63, 3.8) is 0 Å². The minimum absolute atomic E-state index is 0.188. The summed E-state index contributed by atoms with van der Waals surface area (Å²) in [6.45, 7) is 5.05. The van der Waals surface area contributed by atoms with E-state index < -0.39 is 0 Å². The van der Waals surface area contributed by atoms with Gasteiger partial charge >= 0.3 is 0 Å². The molecule has 1 amide bonds. The molecule has 0 saturated carbocycles. The molecular formula is C14H20N4O3. The highest BCUT2D eigenvalue weighted by Gasteiger charge is 2.20. The lowest BCUT2D eigenvalue weighted by Gasteiger charge is -2.10. The van der Waals surface area contributed by atoms with Crippen LogP contribution < -0.4 is 10.9 Å². The van der Waals surface area contributed by atoms with Gasteiger partial charge in [0, 0.05) is 32.6 Å². The number of nitrogens with one attached hydrogen (secondary N) is 2. The number of rotatable bonds is 6. The Morgan fingerprint density at radius 1 is 1.48 bits per heavy atom. The van der Waals surface area contributed by atoms with E-state index in [4.69, 9.17) is 4.74 Å². The zero-order valence-corrected chi connectivity index (χ0v) is 12.5. The molecule has 0 aliphatic carbocycles. The molecule has 0 aromatic heterocycles. The smallest absolute Gasteiger partial charge is 0.275 e. The number of amides is 1. The van der Waals surface area contributed by atoms with Gasteiger partial charge in [-0.05, 0) is 20.3 Å². The van der Waals surface area contributed by atoms with Crippen LogP contribution in [0, 0.1) is 0 Å². The average molecular weight is 292 g/mol. The Morgan fingerprint density at radius 2 is 2.24 bits per heavy atom. The van der Waals surface area contributed by atoms with E-state index in [0.29, 0.717) is 30.0 Å². The summed E-state index contributed by atoms with van der Waals surface area (Å²) in [4.78, 5) is 23.8. The highest BCUT2D eigenvalue weighted by molar-refractivity contribution is 5.99.